The molecule has 1 saturated heterocycles. The fourth-order valence-corrected chi connectivity index (χ4v) is 5.48. The van der Waals surface area contributed by atoms with Crippen molar-refractivity contribution in [3.05, 3.63) is 87.8 Å². The van der Waals surface area contributed by atoms with Gasteiger partial charge in [-0.15, -0.1) is 0 Å². The van der Waals surface area contributed by atoms with Crippen molar-refractivity contribution in [2.75, 3.05) is 14.2 Å². The number of hydrogen-bond acceptors (Lipinski definition) is 10. The van der Waals surface area contributed by atoms with Crippen LogP contribution in [0.1, 0.15) is 35.3 Å². The lowest BCUT2D eigenvalue weighted by atomic mass is 9.89. The van der Waals surface area contributed by atoms with Crippen LogP contribution in [0.15, 0.2) is 69.9 Å². The number of methoxy groups -OCH3 is 2. The fraction of sp³-hybridized carbons (Fsp3) is 0.333. The Balaban J connectivity index is 1.40. The molecule has 4 aromatic rings. The monoisotopic (exact) mass is 590 g/mol. The summed E-state index contributed by atoms with van der Waals surface area (Å²) in [6, 6.07) is 16.5. The van der Waals surface area contributed by atoms with Crippen molar-refractivity contribution in [3.8, 4) is 28.4 Å². The van der Waals surface area contributed by atoms with Crippen molar-refractivity contribution in [1.82, 2.24) is 0 Å². The first-order valence-corrected chi connectivity index (χ1v) is 13.7. The largest absolute Gasteiger partial charge is 0.508 e. The van der Waals surface area contributed by atoms with Crippen LogP contribution < -0.4 is 15.1 Å². The smallest absolute Gasteiger partial charge is 0.339 e. The van der Waals surface area contributed by atoms with Gasteiger partial charge in [-0.25, -0.2) is 4.79 Å². The Morgan fingerprint density at radius 2 is 1.72 bits per heavy atom. The summed E-state index contributed by atoms with van der Waals surface area (Å²) in [7, 11) is 2.95. The van der Waals surface area contributed by atoms with Gasteiger partial charge in [-0.05, 0) is 74.9 Å². The summed E-state index contributed by atoms with van der Waals surface area (Å²) >= 11 is 0. The molecule has 4 atom stereocenters. The number of carbonyl (C=O) groups excluding carboxylic acids is 1. The zero-order chi connectivity index (χ0) is 31.1. The van der Waals surface area contributed by atoms with Crippen LogP contribution in [-0.4, -0.2) is 65.5 Å². The molecule has 3 N–H and O–H groups in total. The number of benzene rings is 3. The minimum Gasteiger partial charge on any atom is -0.508 e. The third-order valence-corrected chi connectivity index (χ3v) is 7.74. The molecule has 43 heavy (non-hydrogen) atoms. The van der Waals surface area contributed by atoms with Gasteiger partial charge >= 0.3 is 5.63 Å². The highest BCUT2D eigenvalue weighted by Crippen LogP contribution is 2.36. The molecular formula is C33H34O10. The first-order valence-electron chi connectivity index (χ1n) is 13.7. The molecule has 3 aromatic carbocycles. The first kappa shape index (κ1) is 30.2. The standard InChI is InChI=1S/C33H34O10/c1-17-25(41-32-28(37)27(36)30(40-5)33(2,3)43-32)11-10-20-13-21(31(38)42-29(17)20)16-24(35)19-9-12-26(39-4)23(15-19)18-7-6-8-22(34)14-18/h6-15,27-28,30,32,34,36-37H,16H2,1-5H3/t27-,28+,30+,32+/m0/s1. The first-order chi connectivity index (χ1) is 20.4. The molecule has 226 valence electrons. The van der Waals surface area contributed by atoms with Crippen molar-refractivity contribution in [1.29, 1.82) is 0 Å². The molecule has 5 rings (SSSR count). The van der Waals surface area contributed by atoms with Crippen LogP contribution in [0, 0.1) is 6.92 Å². The lowest BCUT2D eigenvalue weighted by Gasteiger charge is -2.46. The number of phenolic OH excluding ortho intramolecular Hbond substituents is 1. The fourth-order valence-electron chi connectivity index (χ4n) is 5.48. The number of hydrogen-bond donors (Lipinski definition) is 3. The van der Waals surface area contributed by atoms with E-state index in [9.17, 15) is 24.9 Å². The Hall–Kier alpha value is -4.22. The second-order valence-corrected chi connectivity index (χ2v) is 11.1. The summed E-state index contributed by atoms with van der Waals surface area (Å²) in [6.45, 7) is 5.14. The molecule has 0 saturated carbocycles. The van der Waals surface area contributed by atoms with E-state index in [4.69, 9.17) is 23.4 Å². The number of aliphatic hydroxyl groups is 2. The van der Waals surface area contributed by atoms with Gasteiger partial charge in [-0.1, -0.05) is 12.1 Å². The molecule has 0 radical (unpaired) electrons. The van der Waals surface area contributed by atoms with Gasteiger partial charge in [0.2, 0.25) is 6.29 Å². The maximum Gasteiger partial charge on any atom is 0.339 e. The third kappa shape index (κ3) is 5.87. The summed E-state index contributed by atoms with van der Waals surface area (Å²) in [5, 5.41) is 31.7. The zero-order valence-corrected chi connectivity index (χ0v) is 24.5. The van der Waals surface area contributed by atoms with Crippen LogP contribution in [-0.2, 0) is 15.9 Å². The Bertz CT molecular complexity index is 1720. The van der Waals surface area contributed by atoms with E-state index in [0.717, 1.165) is 0 Å². The molecule has 0 spiro atoms. The molecule has 1 fully saturated rings. The van der Waals surface area contributed by atoms with Crippen LogP contribution in [0.25, 0.3) is 22.1 Å². The van der Waals surface area contributed by atoms with E-state index in [2.05, 4.69) is 0 Å². The number of aromatic hydroxyl groups is 1. The number of Topliss-reactive ketones (excluding diaryl/α,β-unsaturated/α-hetero) is 1. The number of carbonyl (C=O) groups is 1. The van der Waals surface area contributed by atoms with Gasteiger partial charge in [0.25, 0.3) is 0 Å². The second-order valence-electron chi connectivity index (χ2n) is 11.1. The van der Waals surface area contributed by atoms with Gasteiger partial charge in [0, 0.05) is 41.2 Å². The van der Waals surface area contributed by atoms with Gasteiger partial charge in [0.1, 0.15) is 41.1 Å². The molecule has 10 heteroatoms. The van der Waals surface area contributed by atoms with Gasteiger partial charge in [0.05, 0.1) is 12.7 Å². The minimum absolute atomic E-state index is 0.0810. The van der Waals surface area contributed by atoms with Crippen molar-refractivity contribution in [2.24, 2.45) is 0 Å². The molecule has 0 aliphatic carbocycles. The molecule has 10 nitrogen and oxygen atoms in total. The van der Waals surface area contributed by atoms with Gasteiger partial charge < -0.3 is 38.7 Å². The summed E-state index contributed by atoms with van der Waals surface area (Å²) in [4.78, 5) is 26.3. The summed E-state index contributed by atoms with van der Waals surface area (Å²) in [5.74, 6) is 0.604. The highest BCUT2D eigenvalue weighted by Gasteiger charge is 2.50. The number of rotatable bonds is 8. The number of aliphatic hydroxyl groups excluding tert-OH is 2. The van der Waals surface area contributed by atoms with Crippen molar-refractivity contribution >= 4 is 16.8 Å². The van der Waals surface area contributed by atoms with E-state index >= 15 is 0 Å². The molecule has 1 aromatic heterocycles. The van der Waals surface area contributed by atoms with Crippen LogP contribution in [0.3, 0.4) is 0 Å². The molecule has 1 aliphatic rings. The lowest BCUT2D eigenvalue weighted by molar-refractivity contribution is -0.306. The Morgan fingerprint density at radius 1 is 0.977 bits per heavy atom. The number of phenols is 1. The van der Waals surface area contributed by atoms with E-state index in [-0.39, 0.29) is 29.1 Å². The normalized spacial score (nSPS) is 21.5. The van der Waals surface area contributed by atoms with E-state index in [1.807, 2.05) is 0 Å². The summed E-state index contributed by atoms with van der Waals surface area (Å²) in [5.41, 5.74) is 0.962. The summed E-state index contributed by atoms with van der Waals surface area (Å²) < 4.78 is 28.3. The highest BCUT2D eigenvalue weighted by molar-refractivity contribution is 5.99. The Labute approximate surface area is 248 Å². The quantitative estimate of drug-likeness (QED) is 0.202. The third-order valence-electron chi connectivity index (χ3n) is 7.74. The average molecular weight is 591 g/mol. The Kier molecular flexibility index (Phi) is 8.31. The van der Waals surface area contributed by atoms with Crippen LogP contribution in [0.4, 0.5) is 0 Å². The van der Waals surface area contributed by atoms with E-state index in [1.165, 1.54) is 14.2 Å². The van der Waals surface area contributed by atoms with E-state index in [0.29, 0.717) is 39.1 Å². The van der Waals surface area contributed by atoms with Crippen LogP contribution in [0.5, 0.6) is 17.2 Å². The highest BCUT2D eigenvalue weighted by atomic mass is 16.7. The number of aryl methyl sites for hydroxylation is 1. The van der Waals surface area contributed by atoms with Crippen molar-refractivity contribution < 1.29 is 43.5 Å². The SMILES string of the molecule is COc1ccc(C(=O)Cc2cc3ccc(O[C@@H]4OC(C)(C)[C@H](OC)[C@@H](O)[C@H]4O)c(C)c3oc2=O)cc1-c1cccc(O)c1. The topological polar surface area (TPSA) is 145 Å². The molecular weight excluding hydrogens is 556 g/mol. The number of fused-ring (bicyclic) bond motifs is 1. The predicted octanol–water partition coefficient (Wildman–Crippen LogP) is 4.16. The van der Waals surface area contributed by atoms with Crippen LogP contribution >= 0.6 is 0 Å². The molecule has 0 unspecified atom stereocenters. The maximum atomic E-state index is 13.3. The van der Waals surface area contributed by atoms with Crippen LogP contribution in [0.2, 0.25) is 0 Å². The van der Waals surface area contributed by atoms with Gasteiger partial charge in [-0.2, -0.15) is 0 Å². The molecule has 0 amide bonds. The minimum atomic E-state index is -1.39. The van der Waals surface area contributed by atoms with Crippen molar-refractivity contribution in [3.63, 3.8) is 0 Å². The average Bonchev–Trinajstić information content (AvgIpc) is 2.97. The molecule has 1 aliphatic heterocycles. The van der Waals surface area contributed by atoms with Crippen molar-refractivity contribution in [2.45, 2.75) is 57.4 Å². The lowest BCUT2D eigenvalue weighted by Crippen LogP contribution is -2.63. The predicted molar refractivity (Wildman–Crippen MR) is 158 cm³/mol. The van der Waals surface area contributed by atoms with E-state index < -0.39 is 35.8 Å². The van der Waals surface area contributed by atoms with Gasteiger partial charge in [-0.3, -0.25) is 4.79 Å². The molecule has 2 heterocycles. The summed E-state index contributed by atoms with van der Waals surface area (Å²) in [6.07, 6.45) is -4.81. The molecule has 0 bridgehead atoms. The Morgan fingerprint density at radius 3 is 2.42 bits per heavy atom. The van der Waals surface area contributed by atoms with Gasteiger partial charge in [0.15, 0.2) is 5.78 Å². The zero-order valence-electron chi connectivity index (χ0n) is 24.5. The number of ketones is 1. The second kappa shape index (κ2) is 11.8. The van der Waals surface area contributed by atoms with E-state index in [1.54, 1.807) is 81.4 Å². The number of ether oxygens (including phenoxy) is 4. The maximum absolute atomic E-state index is 13.3.